The molecular formula is C7H6IN4+. The first kappa shape index (κ1) is 7.66. The number of H-pyrrole nitrogens is 2. The number of nitrogens with zero attached hydrogens (tertiary/aromatic N) is 2. The van der Waals surface area contributed by atoms with Gasteiger partial charge in [0.05, 0.1) is 5.56 Å². The monoisotopic (exact) mass is 273 g/mol. The molecule has 4 nitrogen and oxygen atoms in total. The van der Waals surface area contributed by atoms with Gasteiger partial charge in [0.25, 0.3) is 0 Å². The van der Waals surface area contributed by atoms with Gasteiger partial charge in [-0.2, -0.15) is 5.10 Å². The molecule has 0 amide bonds. The third kappa shape index (κ3) is 1.45. The van der Waals surface area contributed by atoms with Crippen LogP contribution in [0.4, 0.5) is 0 Å². The zero-order chi connectivity index (χ0) is 8.39. The highest BCUT2D eigenvalue weighted by molar-refractivity contribution is 14.1. The van der Waals surface area contributed by atoms with E-state index in [9.17, 15) is 0 Å². The Balaban J connectivity index is 2.43. The predicted molar refractivity (Wildman–Crippen MR) is 51.1 cm³/mol. The number of aromatic amines is 2. The molecule has 0 fully saturated rings. The van der Waals surface area contributed by atoms with Gasteiger partial charge in [0.1, 0.15) is 5.10 Å². The normalized spacial score (nSPS) is 10.1. The van der Waals surface area contributed by atoms with Crippen LogP contribution >= 0.6 is 22.6 Å². The van der Waals surface area contributed by atoms with E-state index in [0.717, 1.165) is 11.4 Å². The van der Waals surface area contributed by atoms with Crippen molar-refractivity contribution in [2.45, 2.75) is 0 Å². The van der Waals surface area contributed by atoms with E-state index in [-0.39, 0.29) is 0 Å². The van der Waals surface area contributed by atoms with Crippen LogP contribution in [0.2, 0.25) is 0 Å². The van der Waals surface area contributed by atoms with Crippen molar-refractivity contribution in [1.29, 1.82) is 0 Å². The van der Waals surface area contributed by atoms with E-state index in [1.54, 1.807) is 0 Å². The summed E-state index contributed by atoms with van der Waals surface area (Å²) in [4.78, 5) is 0. The Kier molecular flexibility index (Phi) is 2.03. The predicted octanol–water partition coefficient (Wildman–Crippen LogP) is 0.890. The minimum Gasteiger partial charge on any atom is -0.172 e. The Bertz CT molecular complexity index is 353. The topological polar surface area (TPSA) is 55.7 Å². The van der Waals surface area contributed by atoms with E-state index in [2.05, 4.69) is 43.2 Å². The molecule has 0 aliphatic carbocycles. The average molecular weight is 273 g/mol. The van der Waals surface area contributed by atoms with Crippen molar-refractivity contribution >= 4 is 22.6 Å². The minimum absolute atomic E-state index is 0.756. The molecule has 2 rings (SSSR count). The van der Waals surface area contributed by atoms with Crippen molar-refractivity contribution in [1.82, 2.24) is 15.5 Å². The average Bonchev–Trinajstić information content (AvgIpc) is 2.58. The molecule has 1 heterocycles. The SMILES string of the molecule is Ic1ccc(-c2nn[nH][nH+]2)cc1. The van der Waals surface area contributed by atoms with Crippen molar-refractivity contribution in [2.24, 2.45) is 0 Å². The van der Waals surface area contributed by atoms with Gasteiger partial charge in [-0.1, -0.05) is 5.21 Å². The maximum absolute atomic E-state index is 3.85. The molecule has 5 heteroatoms. The number of rotatable bonds is 1. The number of hydrogen-bond acceptors (Lipinski definition) is 2. The fraction of sp³-hybridized carbons (Fsp3) is 0. The van der Waals surface area contributed by atoms with E-state index in [4.69, 9.17) is 0 Å². The Labute approximate surface area is 82.5 Å². The van der Waals surface area contributed by atoms with Gasteiger partial charge in [0.15, 0.2) is 5.21 Å². The van der Waals surface area contributed by atoms with Crippen molar-refractivity contribution in [3.8, 4) is 11.4 Å². The summed E-state index contributed by atoms with van der Waals surface area (Å²) in [7, 11) is 0. The lowest BCUT2D eigenvalue weighted by Gasteiger charge is -1.89. The molecule has 2 N–H and O–H groups in total. The highest BCUT2D eigenvalue weighted by Crippen LogP contribution is 2.12. The highest BCUT2D eigenvalue weighted by Gasteiger charge is 2.07. The minimum atomic E-state index is 0.756. The molecule has 12 heavy (non-hydrogen) atoms. The quantitative estimate of drug-likeness (QED) is 0.784. The van der Waals surface area contributed by atoms with E-state index in [0.29, 0.717) is 0 Å². The molecule has 0 unspecified atom stereocenters. The van der Waals surface area contributed by atoms with Crippen LogP contribution in [-0.2, 0) is 0 Å². The third-order valence-electron chi connectivity index (χ3n) is 1.49. The van der Waals surface area contributed by atoms with Crippen LogP contribution in [0.1, 0.15) is 0 Å². The van der Waals surface area contributed by atoms with Crippen LogP contribution in [-0.4, -0.2) is 15.5 Å². The summed E-state index contributed by atoms with van der Waals surface area (Å²) in [6, 6.07) is 8.04. The van der Waals surface area contributed by atoms with Crippen LogP contribution in [0.5, 0.6) is 0 Å². The molecule has 0 radical (unpaired) electrons. The molecule has 1 aromatic carbocycles. The number of tetrazole rings is 1. The summed E-state index contributed by atoms with van der Waals surface area (Å²) in [6.45, 7) is 0. The molecule has 0 atom stereocenters. The zero-order valence-corrected chi connectivity index (χ0v) is 8.24. The fourth-order valence-electron chi connectivity index (χ4n) is 0.916. The van der Waals surface area contributed by atoms with E-state index in [1.807, 2.05) is 24.3 Å². The first-order chi connectivity index (χ1) is 5.86. The second-order valence-corrected chi connectivity index (χ2v) is 3.54. The number of benzene rings is 1. The number of nitrogens with one attached hydrogen (secondary N) is 2. The van der Waals surface area contributed by atoms with Gasteiger partial charge in [-0.3, -0.25) is 0 Å². The first-order valence-electron chi connectivity index (χ1n) is 3.41. The van der Waals surface area contributed by atoms with Crippen molar-refractivity contribution in [3.05, 3.63) is 27.8 Å². The number of aromatic nitrogens is 4. The fourth-order valence-corrected chi connectivity index (χ4v) is 1.28. The van der Waals surface area contributed by atoms with E-state index >= 15 is 0 Å². The summed E-state index contributed by atoms with van der Waals surface area (Å²) in [5.74, 6) is 0.756. The molecule has 2 aromatic rings. The Morgan fingerprint density at radius 3 is 2.58 bits per heavy atom. The standard InChI is InChI=1S/C7H5IN4/c8-6-3-1-5(2-4-6)7-9-11-12-10-7/h1-4H,(H,9,10,11,12)/p+1. The summed E-state index contributed by atoms with van der Waals surface area (Å²) in [6.07, 6.45) is 0. The van der Waals surface area contributed by atoms with Crippen LogP contribution in [0.25, 0.3) is 11.4 Å². The van der Waals surface area contributed by atoms with Gasteiger partial charge in [-0.05, 0) is 46.9 Å². The van der Waals surface area contributed by atoms with Crippen LogP contribution < -0.4 is 5.10 Å². The summed E-state index contributed by atoms with van der Waals surface area (Å²) >= 11 is 2.26. The Morgan fingerprint density at radius 2 is 2.00 bits per heavy atom. The zero-order valence-electron chi connectivity index (χ0n) is 6.08. The lowest BCUT2D eigenvalue weighted by molar-refractivity contribution is -0.444. The molecule has 0 saturated heterocycles. The maximum Gasteiger partial charge on any atom is 0.329 e. The number of halogens is 1. The Hall–Kier alpha value is -0.980. The summed E-state index contributed by atoms with van der Waals surface area (Å²) < 4.78 is 1.21. The molecule has 0 spiro atoms. The largest absolute Gasteiger partial charge is 0.329 e. The second-order valence-electron chi connectivity index (χ2n) is 2.29. The molecule has 0 aliphatic rings. The van der Waals surface area contributed by atoms with Gasteiger partial charge >= 0.3 is 5.82 Å². The summed E-state index contributed by atoms with van der Waals surface area (Å²) in [5.41, 5.74) is 1.03. The third-order valence-corrected chi connectivity index (χ3v) is 2.21. The molecule has 0 aliphatic heterocycles. The van der Waals surface area contributed by atoms with Gasteiger partial charge < -0.3 is 0 Å². The molecule has 60 valence electrons. The molecule has 1 aromatic heterocycles. The van der Waals surface area contributed by atoms with Gasteiger partial charge in [0.2, 0.25) is 0 Å². The smallest absolute Gasteiger partial charge is 0.172 e. The van der Waals surface area contributed by atoms with E-state index < -0.39 is 0 Å². The van der Waals surface area contributed by atoms with Gasteiger partial charge in [-0.15, -0.1) is 0 Å². The lowest BCUT2D eigenvalue weighted by atomic mass is 10.2. The van der Waals surface area contributed by atoms with Crippen LogP contribution in [0, 0.1) is 3.57 Å². The van der Waals surface area contributed by atoms with Crippen molar-refractivity contribution < 1.29 is 5.10 Å². The van der Waals surface area contributed by atoms with E-state index in [1.165, 1.54) is 3.57 Å². The lowest BCUT2D eigenvalue weighted by Crippen LogP contribution is -2.05. The number of hydrogen-bond donors (Lipinski definition) is 1. The van der Waals surface area contributed by atoms with Crippen LogP contribution in [0.3, 0.4) is 0 Å². The molecule has 0 saturated carbocycles. The van der Waals surface area contributed by atoms with Crippen molar-refractivity contribution in [2.75, 3.05) is 0 Å². The van der Waals surface area contributed by atoms with Crippen molar-refractivity contribution in [3.63, 3.8) is 0 Å². The summed E-state index contributed by atoms with van der Waals surface area (Å²) in [5, 5.41) is 12.8. The molecular weight excluding hydrogens is 267 g/mol. The Morgan fingerprint density at radius 1 is 1.25 bits per heavy atom. The van der Waals surface area contributed by atoms with Gasteiger partial charge in [-0.25, -0.2) is 0 Å². The maximum atomic E-state index is 3.85. The van der Waals surface area contributed by atoms with Gasteiger partial charge in [0, 0.05) is 3.57 Å². The molecule has 0 bridgehead atoms. The first-order valence-corrected chi connectivity index (χ1v) is 4.49. The second kappa shape index (κ2) is 3.18. The van der Waals surface area contributed by atoms with Crippen LogP contribution in [0.15, 0.2) is 24.3 Å². The highest BCUT2D eigenvalue weighted by atomic mass is 127.